The number of aliphatic hydroxyl groups is 2. The summed E-state index contributed by atoms with van der Waals surface area (Å²) in [6.07, 6.45) is 5.99. The van der Waals surface area contributed by atoms with Gasteiger partial charge in [0.1, 0.15) is 0 Å². The summed E-state index contributed by atoms with van der Waals surface area (Å²) in [5.41, 5.74) is 0.153. The lowest BCUT2D eigenvalue weighted by Gasteiger charge is -2.51. The first-order chi connectivity index (χ1) is 13.0. The second-order valence-corrected chi connectivity index (χ2v) is 8.43. The van der Waals surface area contributed by atoms with E-state index in [0.29, 0.717) is 19.4 Å². The van der Waals surface area contributed by atoms with Gasteiger partial charge in [0.05, 0.1) is 6.61 Å². The van der Waals surface area contributed by atoms with E-state index in [9.17, 15) is 19.0 Å². The predicted molar refractivity (Wildman–Crippen MR) is 95.4 cm³/mol. The first kappa shape index (κ1) is 19.1. The Morgan fingerprint density at radius 3 is 2.59 bits per heavy atom. The predicted octanol–water partition coefficient (Wildman–Crippen LogP) is 3.67. The highest BCUT2D eigenvalue weighted by atomic mass is 19.2. The van der Waals surface area contributed by atoms with Crippen LogP contribution in [0.1, 0.15) is 56.9 Å². The van der Waals surface area contributed by atoms with Gasteiger partial charge in [0.15, 0.2) is 17.9 Å². The monoisotopic (exact) mass is 382 g/mol. The van der Waals surface area contributed by atoms with Crippen molar-refractivity contribution in [2.45, 2.75) is 63.1 Å². The van der Waals surface area contributed by atoms with Crippen molar-refractivity contribution in [3.8, 4) is 5.75 Å². The summed E-state index contributed by atoms with van der Waals surface area (Å²) in [6, 6.07) is 2.93. The Morgan fingerprint density at radius 1 is 1.11 bits per heavy atom. The fourth-order valence-electron chi connectivity index (χ4n) is 5.64. The van der Waals surface area contributed by atoms with Crippen molar-refractivity contribution in [2.75, 3.05) is 19.8 Å². The summed E-state index contributed by atoms with van der Waals surface area (Å²) in [4.78, 5) is 0. The molecular weight excluding hydrogens is 354 g/mol. The molecule has 1 saturated heterocycles. The number of rotatable bonds is 6. The minimum Gasteiger partial charge on any atom is -0.462 e. The Hall–Kier alpha value is -1.24. The van der Waals surface area contributed by atoms with Gasteiger partial charge in [-0.15, -0.1) is 0 Å². The Morgan fingerprint density at radius 2 is 1.96 bits per heavy atom. The molecule has 2 aliphatic carbocycles. The van der Waals surface area contributed by atoms with E-state index in [0.717, 1.165) is 44.1 Å². The van der Waals surface area contributed by atoms with Crippen molar-refractivity contribution < 1.29 is 28.5 Å². The van der Waals surface area contributed by atoms with Crippen LogP contribution in [0.15, 0.2) is 12.1 Å². The maximum absolute atomic E-state index is 14.4. The van der Waals surface area contributed by atoms with E-state index in [4.69, 9.17) is 9.47 Å². The van der Waals surface area contributed by atoms with Crippen LogP contribution in [0.25, 0.3) is 0 Å². The lowest BCUT2D eigenvalue weighted by molar-refractivity contribution is -0.107. The molecule has 2 N–H and O–H groups in total. The number of aliphatic hydroxyl groups excluding tert-OH is 2. The first-order valence-electron chi connectivity index (χ1n) is 10.0. The Bertz CT molecular complexity index is 691. The first-order valence-corrected chi connectivity index (χ1v) is 10.0. The Labute approximate surface area is 158 Å². The third-order valence-corrected chi connectivity index (χ3v) is 7.25. The molecule has 6 heteroatoms. The van der Waals surface area contributed by atoms with Crippen LogP contribution in [0.5, 0.6) is 5.75 Å². The van der Waals surface area contributed by atoms with E-state index < -0.39 is 17.9 Å². The SMILES string of the molecule is OCCC1(CO)CCC2(c3cc(F)c(F)c(OC4CCCCO4)c3)CCC12. The molecule has 4 nitrogen and oxygen atoms in total. The van der Waals surface area contributed by atoms with Crippen molar-refractivity contribution in [3.63, 3.8) is 0 Å². The van der Waals surface area contributed by atoms with Crippen molar-refractivity contribution in [2.24, 2.45) is 11.3 Å². The quantitative estimate of drug-likeness (QED) is 0.788. The van der Waals surface area contributed by atoms with Gasteiger partial charge in [-0.05, 0) is 79.4 Å². The zero-order valence-corrected chi connectivity index (χ0v) is 15.6. The van der Waals surface area contributed by atoms with Crippen LogP contribution < -0.4 is 4.74 Å². The highest BCUT2D eigenvalue weighted by Crippen LogP contribution is 2.67. The molecule has 0 radical (unpaired) electrons. The molecule has 4 rings (SSSR count). The molecule has 2 saturated carbocycles. The molecule has 4 unspecified atom stereocenters. The second kappa shape index (κ2) is 7.30. The van der Waals surface area contributed by atoms with Crippen LogP contribution in [0, 0.1) is 23.0 Å². The van der Waals surface area contributed by atoms with Crippen molar-refractivity contribution in [1.29, 1.82) is 0 Å². The molecule has 1 aromatic carbocycles. The molecule has 4 atom stereocenters. The second-order valence-electron chi connectivity index (χ2n) is 8.43. The van der Waals surface area contributed by atoms with E-state index in [2.05, 4.69) is 0 Å². The smallest absolute Gasteiger partial charge is 0.200 e. The molecular formula is C21H28F2O4. The summed E-state index contributed by atoms with van der Waals surface area (Å²) in [6.45, 7) is 0.613. The molecule has 1 aliphatic heterocycles. The third kappa shape index (κ3) is 3.06. The van der Waals surface area contributed by atoms with Gasteiger partial charge in [-0.25, -0.2) is 4.39 Å². The Kier molecular flexibility index (Phi) is 5.16. The lowest BCUT2D eigenvalue weighted by Crippen LogP contribution is -2.48. The number of hydrogen-bond acceptors (Lipinski definition) is 4. The van der Waals surface area contributed by atoms with Gasteiger partial charge in [-0.1, -0.05) is 0 Å². The highest BCUT2D eigenvalue weighted by molar-refractivity contribution is 5.40. The molecule has 0 amide bonds. The van der Waals surface area contributed by atoms with Gasteiger partial charge < -0.3 is 19.7 Å². The van der Waals surface area contributed by atoms with Gasteiger partial charge in [0.2, 0.25) is 5.82 Å². The van der Waals surface area contributed by atoms with Crippen molar-refractivity contribution in [3.05, 3.63) is 29.3 Å². The molecule has 1 aromatic rings. The molecule has 150 valence electrons. The minimum atomic E-state index is -0.970. The van der Waals surface area contributed by atoms with Crippen LogP contribution >= 0.6 is 0 Å². The largest absolute Gasteiger partial charge is 0.462 e. The summed E-state index contributed by atoms with van der Waals surface area (Å²) in [7, 11) is 0. The maximum atomic E-state index is 14.4. The van der Waals surface area contributed by atoms with Gasteiger partial charge in [0.25, 0.3) is 0 Å². The maximum Gasteiger partial charge on any atom is 0.200 e. The fourth-order valence-corrected chi connectivity index (χ4v) is 5.64. The van der Waals surface area contributed by atoms with E-state index >= 15 is 0 Å². The van der Waals surface area contributed by atoms with Crippen LogP contribution in [-0.4, -0.2) is 36.3 Å². The number of hydrogen-bond donors (Lipinski definition) is 2. The zero-order chi connectivity index (χ0) is 19.1. The number of fused-ring (bicyclic) bond motifs is 1. The molecule has 3 aliphatic rings. The van der Waals surface area contributed by atoms with Gasteiger partial charge in [-0.2, -0.15) is 4.39 Å². The van der Waals surface area contributed by atoms with Crippen LogP contribution in [0.4, 0.5) is 8.78 Å². The molecule has 27 heavy (non-hydrogen) atoms. The topological polar surface area (TPSA) is 58.9 Å². The number of benzene rings is 1. The molecule has 3 fully saturated rings. The van der Waals surface area contributed by atoms with Crippen LogP contribution in [-0.2, 0) is 10.2 Å². The van der Waals surface area contributed by atoms with Crippen molar-refractivity contribution in [1.82, 2.24) is 0 Å². The van der Waals surface area contributed by atoms with Crippen molar-refractivity contribution >= 4 is 0 Å². The third-order valence-electron chi connectivity index (χ3n) is 7.25. The highest BCUT2D eigenvalue weighted by Gasteiger charge is 2.61. The van der Waals surface area contributed by atoms with E-state index in [1.54, 1.807) is 6.07 Å². The minimum absolute atomic E-state index is 0.0168. The van der Waals surface area contributed by atoms with Crippen LogP contribution in [0.2, 0.25) is 0 Å². The number of ether oxygens (including phenoxy) is 2. The van der Waals surface area contributed by atoms with Gasteiger partial charge in [0, 0.05) is 19.6 Å². The fraction of sp³-hybridized carbons (Fsp3) is 0.714. The standard InChI is InChI=1S/C21H28F2O4/c22-15-11-14(12-16(19(15)23)27-18-3-1-2-10-26-18)21-5-4-17(21)20(13-25,6-7-21)8-9-24/h11-12,17-18,24-25H,1-10,13H2. The Balaban J connectivity index is 1.64. The molecule has 0 bridgehead atoms. The summed E-state index contributed by atoms with van der Waals surface area (Å²) < 4.78 is 40.0. The molecule has 0 aromatic heterocycles. The van der Waals surface area contributed by atoms with Crippen LogP contribution in [0.3, 0.4) is 0 Å². The van der Waals surface area contributed by atoms with Gasteiger partial charge in [-0.3, -0.25) is 0 Å². The lowest BCUT2D eigenvalue weighted by atomic mass is 9.53. The van der Waals surface area contributed by atoms with E-state index in [1.807, 2.05) is 0 Å². The molecule has 0 spiro atoms. The average Bonchev–Trinajstić information content (AvgIpc) is 2.87. The zero-order valence-electron chi connectivity index (χ0n) is 15.6. The summed E-state index contributed by atoms with van der Waals surface area (Å²) >= 11 is 0. The summed E-state index contributed by atoms with van der Waals surface area (Å²) in [5.74, 6) is -1.78. The van der Waals surface area contributed by atoms with Gasteiger partial charge >= 0.3 is 0 Å². The number of halogens is 2. The van der Waals surface area contributed by atoms with E-state index in [-0.39, 0.29) is 35.7 Å². The summed E-state index contributed by atoms with van der Waals surface area (Å²) in [5, 5.41) is 19.5. The average molecular weight is 382 g/mol. The van der Waals surface area contributed by atoms with E-state index in [1.165, 1.54) is 6.07 Å². The normalized spacial score (nSPS) is 35.6. The molecule has 1 heterocycles.